The van der Waals surface area contributed by atoms with Gasteiger partial charge in [-0.15, -0.1) is 0 Å². The number of rotatable bonds is 4. The number of benzene rings is 1. The molecule has 3 rings (SSSR count). The molecule has 21 heavy (non-hydrogen) atoms. The SMILES string of the molecule is COc1cccc(CN2CCC(N3CCCCC3)CC2)c1. The first-order valence-electron chi connectivity index (χ1n) is 8.44. The van der Waals surface area contributed by atoms with Crippen LogP contribution in [-0.4, -0.2) is 49.1 Å². The second-order valence-electron chi connectivity index (χ2n) is 6.46. The largest absolute Gasteiger partial charge is 0.497 e. The number of nitrogens with zero attached hydrogens (tertiary/aromatic N) is 2. The van der Waals surface area contributed by atoms with Crippen LogP contribution in [0.15, 0.2) is 24.3 Å². The third-order valence-corrected chi connectivity index (χ3v) is 5.00. The molecule has 0 radical (unpaired) electrons. The highest BCUT2D eigenvalue weighted by Gasteiger charge is 2.25. The minimum Gasteiger partial charge on any atom is -0.497 e. The molecule has 3 heteroatoms. The first-order chi connectivity index (χ1) is 10.3. The van der Waals surface area contributed by atoms with Crippen molar-refractivity contribution in [2.75, 3.05) is 33.3 Å². The van der Waals surface area contributed by atoms with Gasteiger partial charge in [0, 0.05) is 12.6 Å². The maximum atomic E-state index is 5.32. The maximum Gasteiger partial charge on any atom is 0.119 e. The summed E-state index contributed by atoms with van der Waals surface area (Å²) in [7, 11) is 1.74. The van der Waals surface area contributed by atoms with E-state index in [1.165, 1.54) is 63.8 Å². The van der Waals surface area contributed by atoms with E-state index in [9.17, 15) is 0 Å². The van der Waals surface area contributed by atoms with Gasteiger partial charge in [0.15, 0.2) is 0 Å². The molecule has 116 valence electrons. The Hall–Kier alpha value is -1.06. The van der Waals surface area contributed by atoms with Gasteiger partial charge >= 0.3 is 0 Å². The molecule has 2 aliphatic heterocycles. The van der Waals surface area contributed by atoms with E-state index in [1.54, 1.807) is 7.11 Å². The fraction of sp³-hybridized carbons (Fsp3) is 0.667. The average Bonchev–Trinajstić information content (AvgIpc) is 2.56. The van der Waals surface area contributed by atoms with E-state index in [-0.39, 0.29) is 0 Å². The van der Waals surface area contributed by atoms with Gasteiger partial charge in [0.2, 0.25) is 0 Å². The highest BCUT2D eigenvalue weighted by Crippen LogP contribution is 2.22. The Labute approximate surface area is 128 Å². The molecule has 1 aromatic carbocycles. The van der Waals surface area contributed by atoms with Crippen LogP contribution in [0.25, 0.3) is 0 Å². The van der Waals surface area contributed by atoms with E-state index in [2.05, 4.69) is 28.0 Å². The van der Waals surface area contributed by atoms with E-state index < -0.39 is 0 Å². The Bertz CT molecular complexity index is 435. The van der Waals surface area contributed by atoms with Crippen LogP contribution in [0.5, 0.6) is 5.75 Å². The molecular weight excluding hydrogens is 260 g/mol. The zero-order chi connectivity index (χ0) is 14.5. The normalized spacial score (nSPS) is 22.3. The number of ether oxygens (including phenoxy) is 1. The molecule has 0 saturated carbocycles. The van der Waals surface area contributed by atoms with Crippen molar-refractivity contribution in [2.45, 2.75) is 44.7 Å². The summed E-state index contributed by atoms with van der Waals surface area (Å²) in [5.41, 5.74) is 1.37. The Morgan fingerprint density at radius 1 is 1.05 bits per heavy atom. The number of hydrogen-bond acceptors (Lipinski definition) is 3. The molecule has 2 fully saturated rings. The topological polar surface area (TPSA) is 15.7 Å². The molecule has 1 aromatic rings. The first kappa shape index (κ1) is 14.9. The number of likely N-dealkylation sites (tertiary alicyclic amines) is 2. The van der Waals surface area contributed by atoms with Gasteiger partial charge in [0.05, 0.1) is 7.11 Å². The van der Waals surface area contributed by atoms with Crippen molar-refractivity contribution in [1.29, 1.82) is 0 Å². The molecule has 0 aliphatic carbocycles. The summed E-state index contributed by atoms with van der Waals surface area (Å²) in [4.78, 5) is 5.33. The van der Waals surface area contributed by atoms with Crippen molar-refractivity contribution in [3.63, 3.8) is 0 Å². The van der Waals surface area contributed by atoms with Crippen LogP contribution in [0, 0.1) is 0 Å². The van der Waals surface area contributed by atoms with Gasteiger partial charge in [-0.3, -0.25) is 4.90 Å². The van der Waals surface area contributed by atoms with Crippen LogP contribution in [-0.2, 0) is 6.54 Å². The average molecular weight is 288 g/mol. The molecule has 0 bridgehead atoms. The summed E-state index contributed by atoms with van der Waals surface area (Å²) in [6, 6.07) is 9.32. The highest BCUT2D eigenvalue weighted by molar-refractivity contribution is 5.28. The zero-order valence-electron chi connectivity index (χ0n) is 13.3. The third-order valence-electron chi connectivity index (χ3n) is 5.00. The first-order valence-corrected chi connectivity index (χ1v) is 8.44. The van der Waals surface area contributed by atoms with Gasteiger partial charge in [-0.05, 0) is 69.6 Å². The van der Waals surface area contributed by atoms with Crippen molar-refractivity contribution in [3.05, 3.63) is 29.8 Å². The summed E-state index contributed by atoms with van der Waals surface area (Å²) in [5.74, 6) is 0.968. The lowest BCUT2D eigenvalue weighted by molar-refractivity contribution is 0.0896. The van der Waals surface area contributed by atoms with Gasteiger partial charge in [-0.2, -0.15) is 0 Å². The Morgan fingerprint density at radius 3 is 2.52 bits per heavy atom. The molecule has 0 aromatic heterocycles. The molecule has 0 atom stereocenters. The molecule has 0 spiro atoms. The third kappa shape index (κ3) is 3.98. The fourth-order valence-corrected chi connectivity index (χ4v) is 3.76. The summed E-state index contributed by atoms with van der Waals surface area (Å²) in [6.45, 7) is 6.20. The molecule has 0 amide bonds. The lowest BCUT2D eigenvalue weighted by Crippen LogP contribution is -2.46. The fourth-order valence-electron chi connectivity index (χ4n) is 3.76. The minimum absolute atomic E-state index is 0.840. The summed E-state index contributed by atoms with van der Waals surface area (Å²) in [5, 5.41) is 0. The monoisotopic (exact) mass is 288 g/mol. The molecule has 0 N–H and O–H groups in total. The molecule has 3 nitrogen and oxygen atoms in total. The summed E-state index contributed by atoms with van der Waals surface area (Å²) in [6.07, 6.45) is 6.92. The quantitative estimate of drug-likeness (QED) is 0.846. The lowest BCUT2D eigenvalue weighted by atomic mass is 9.99. The van der Waals surface area contributed by atoms with Crippen molar-refractivity contribution in [1.82, 2.24) is 9.80 Å². The van der Waals surface area contributed by atoms with Crippen molar-refractivity contribution >= 4 is 0 Å². The van der Waals surface area contributed by atoms with E-state index >= 15 is 0 Å². The van der Waals surface area contributed by atoms with Gasteiger partial charge in [0.25, 0.3) is 0 Å². The van der Waals surface area contributed by atoms with Crippen LogP contribution >= 0.6 is 0 Å². The van der Waals surface area contributed by atoms with Gasteiger partial charge in [-0.25, -0.2) is 0 Å². The maximum absolute atomic E-state index is 5.32. The Morgan fingerprint density at radius 2 is 1.81 bits per heavy atom. The standard InChI is InChI=1S/C18H28N2O/c1-21-18-7-5-6-16(14-18)15-19-12-8-17(9-13-19)20-10-3-2-4-11-20/h5-7,14,17H,2-4,8-13,15H2,1H3. The van der Waals surface area contributed by atoms with Crippen LogP contribution in [0.1, 0.15) is 37.7 Å². The molecule has 2 saturated heterocycles. The van der Waals surface area contributed by atoms with Crippen LogP contribution in [0.2, 0.25) is 0 Å². The molecule has 2 heterocycles. The molecule has 0 unspecified atom stereocenters. The highest BCUT2D eigenvalue weighted by atomic mass is 16.5. The summed E-state index contributed by atoms with van der Waals surface area (Å²) >= 11 is 0. The van der Waals surface area contributed by atoms with Crippen molar-refractivity contribution in [3.8, 4) is 5.75 Å². The predicted molar refractivity (Wildman–Crippen MR) is 86.7 cm³/mol. The van der Waals surface area contributed by atoms with E-state index in [1.807, 2.05) is 6.07 Å². The second kappa shape index (κ2) is 7.28. The van der Waals surface area contributed by atoms with Gasteiger partial charge in [-0.1, -0.05) is 18.6 Å². The number of hydrogen-bond donors (Lipinski definition) is 0. The van der Waals surface area contributed by atoms with E-state index in [0.29, 0.717) is 0 Å². The van der Waals surface area contributed by atoms with E-state index in [0.717, 1.165) is 18.3 Å². The Balaban J connectivity index is 1.48. The van der Waals surface area contributed by atoms with Crippen LogP contribution in [0.4, 0.5) is 0 Å². The second-order valence-corrected chi connectivity index (χ2v) is 6.46. The molecule has 2 aliphatic rings. The van der Waals surface area contributed by atoms with Gasteiger partial charge < -0.3 is 9.64 Å². The van der Waals surface area contributed by atoms with Crippen LogP contribution in [0.3, 0.4) is 0 Å². The lowest BCUT2D eigenvalue weighted by Gasteiger charge is -2.40. The number of methoxy groups -OCH3 is 1. The van der Waals surface area contributed by atoms with Crippen molar-refractivity contribution in [2.24, 2.45) is 0 Å². The zero-order valence-corrected chi connectivity index (χ0v) is 13.3. The smallest absolute Gasteiger partial charge is 0.119 e. The van der Waals surface area contributed by atoms with Crippen LogP contribution < -0.4 is 4.74 Å². The number of piperidine rings is 2. The predicted octanol–water partition coefficient (Wildman–Crippen LogP) is 3.15. The minimum atomic E-state index is 0.840. The van der Waals surface area contributed by atoms with E-state index in [4.69, 9.17) is 4.74 Å². The molecular formula is C18H28N2O. The summed E-state index contributed by atoms with van der Waals surface area (Å²) < 4.78 is 5.32. The van der Waals surface area contributed by atoms with Crippen molar-refractivity contribution < 1.29 is 4.74 Å². The van der Waals surface area contributed by atoms with Gasteiger partial charge in [0.1, 0.15) is 5.75 Å². The Kier molecular flexibility index (Phi) is 5.15.